The number of hydrogen-bond donors (Lipinski definition) is 1. The van der Waals surface area contributed by atoms with E-state index in [1.54, 1.807) is 13.0 Å². The number of aryl methyl sites for hydroxylation is 1. The number of nitro benzene ring substituents is 1. The topological polar surface area (TPSA) is 72.2 Å². The van der Waals surface area contributed by atoms with Crippen molar-refractivity contribution in [2.24, 2.45) is 0 Å². The van der Waals surface area contributed by atoms with E-state index in [1.165, 1.54) is 12.1 Å². The second kappa shape index (κ2) is 6.87. The lowest BCUT2D eigenvalue weighted by molar-refractivity contribution is -0.384. The molecule has 118 valence electrons. The molecule has 0 atom stereocenters. The van der Waals surface area contributed by atoms with Gasteiger partial charge in [-0.05, 0) is 24.1 Å². The third-order valence-corrected chi connectivity index (χ3v) is 3.53. The SMILES string of the molecule is C=C(c1ccc(C)cc1)c1cc([N+](=O)[O-])ccc1NC(=O)CC. The minimum Gasteiger partial charge on any atom is -0.326 e. The molecule has 23 heavy (non-hydrogen) atoms. The van der Waals surface area contributed by atoms with E-state index in [1.807, 2.05) is 31.2 Å². The fourth-order valence-electron chi connectivity index (χ4n) is 2.15. The minimum atomic E-state index is -0.461. The summed E-state index contributed by atoms with van der Waals surface area (Å²) in [5, 5.41) is 13.8. The summed E-state index contributed by atoms with van der Waals surface area (Å²) in [6.45, 7) is 7.77. The highest BCUT2D eigenvalue weighted by Gasteiger charge is 2.15. The van der Waals surface area contributed by atoms with Crippen molar-refractivity contribution in [1.29, 1.82) is 0 Å². The Morgan fingerprint density at radius 1 is 1.22 bits per heavy atom. The summed E-state index contributed by atoms with van der Waals surface area (Å²) >= 11 is 0. The molecule has 0 aliphatic rings. The second-order valence-corrected chi connectivity index (χ2v) is 5.23. The molecule has 0 aliphatic heterocycles. The molecule has 2 aromatic rings. The molecule has 2 rings (SSSR count). The van der Waals surface area contributed by atoms with Gasteiger partial charge >= 0.3 is 0 Å². The third-order valence-electron chi connectivity index (χ3n) is 3.53. The van der Waals surface area contributed by atoms with Crippen LogP contribution >= 0.6 is 0 Å². The van der Waals surface area contributed by atoms with Crippen molar-refractivity contribution >= 4 is 22.9 Å². The number of hydrogen-bond acceptors (Lipinski definition) is 3. The summed E-state index contributed by atoms with van der Waals surface area (Å²) < 4.78 is 0. The van der Waals surface area contributed by atoms with Crippen LogP contribution in [0.15, 0.2) is 49.0 Å². The number of rotatable bonds is 5. The molecule has 0 aromatic heterocycles. The smallest absolute Gasteiger partial charge is 0.270 e. The molecular weight excluding hydrogens is 292 g/mol. The molecule has 0 radical (unpaired) electrons. The quantitative estimate of drug-likeness (QED) is 0.660. The Bertz CT molecular complexity index is 764. The van der Waals surface area contributed by atoms with Crippen LogP contribution in [0.4, 0.5) is 11.4 Å². The lowest BCUT2D eigenvalue weighted by atomic mass is 9.96. The summed E-state index contributed by atoms with van der Waals surface area (Å²) in [6.07, 6.45) is 0.327. The number of nitro groups is 1. The summed E-state index contributed by atoms with van der Waals surface area (Å²) in [4.78, 5) is 22.3. The van der Waals surface area contributed by atoms with Gasteiger partial charge in [0.2, 0.25) is 5.91 Å². The van der Waals surface area contributed by atoms with Crippen LogP contribution in [-0.2, 0) is 4.79 Å². The summed E-state index contributed by atoms with van der Waals surface area (Å²) in [5.41, 5.74) is 3.61. The van der Waals surface area contributed by atoms with E-state index in [4.69, 9.17) is 0 Å². The molecule has 0 spiro atoms. The van der Waals surface area contributed by atoms with Crippen molar-refractivity contribution in [3.05, 3.63) is 75.8 Å². The van der Waals surface area contributed by atoms with Crippen LogP contribution in [0.1, 0.15) is 30.0 Å². The van der Waals surface area contributed by atoms with Crippen molar-refractivity contribution in [1.82, 2.24) is 0 Å². The van der Waals surface area contributed by atoms with Crippen LogP contribution in [0, 0.1) is 17.0 Å². The molecule has 0 heterocycles. The number of nitrogens with one attached hydrogen (secondary N) is 1. The minimum absolute atomic E-state index is 0.0391. The van der Waals surface area contributed by atoms with Crippen molar-refractivity contribution in [2.75, 3.05) is 5.32 Å². The van der Waals surface area contributed by atoms with Crippen LogP contribution in [0.5, 0.6) is 0 Å². The number of carbonyl (C=O) groups excluding carboxylic acids is 1. The van der Waals surface area contributed by atoms with E-state index in [9.17, 15) is 14.9 Å². The maximum absolute atomic E-state index is 11.7. The van der Waals surface area contributed by atoms with Crippen molar-refractivity contribution in [3.8, 4) is 0 Å². The Morgan fingerprint density at radius 3 is 2.43 bits per heavy atom. The normalized spacial score (nSPS) is 10.2. The molecule has 5 heteroatoms. The van der Waals surface area contributed by atoms with Crippen molar-refractivity contribution < 1.29 is 9.72 Å². The first-order valence-corrected chi connectivity index (χ1v) is 7.27. The van der Waals surface area contributed by atoms with Crippen molar-refractivity contribution in [2.45, 2.75) is 20.3 Å². The number of carbonyl (C=O) groups is 1. The van der Waals surface area contributed by atoms with Crippen LogP contribution < -0.4 is 5.32 Å². The molecular formula is C18H18N2O3. The van der Waals surface area contributed by atoms with Gasteiger partial charge in [-0.1, -0.05) is 43.3 Å². The van der Waals surface area contributed by atoms with Gasteiger partial charge in [-0.15, -0.1) is 0 Å². The van der Waals surface area contributed by atoms with E-state index in [-0.39, 0.29) is 11.6 Å². The maximum Gasteiger partial charge on any atom is 0.270 e. The first kappa shape index (κ1) is 16.4. The number of anilines is 1. The van der Waals surface area contributed by atoms with E-state index in [0.29, 0.717) is 23.2 Å². The largest absolute Gasteiger partial charge is 0.326 e. The highest BCUT2D eigenvalue weighted by Crippen LogP contribution is 2.31. The van der Waals surface area contributed by atoms with E-state index >= 15 is 0 Å². The molecule has 0 fully saturated rings. The molecule has 2 aromatic carbocycles. The molecule has 0 bridgehead atoms. The van der Waals surface area contributed by atoms with Gasteiger partial charge in [0.1, 0.15) is 0 Å². The Labute approximate surface area is 134 Å². The number of nitrogens with zero attached hydrogens (tertiary/aromatic N) is 1. The van der Waals surface area contributed by atoms with Gasteiger partial charge in [0, 0.05) is 29.8 Å². The Hall–Kier alpha value is -2.95. The first-order chi connectivity index (χ1) is 10.9. The molecule has 0 saturated carbocycles. The predicted octanol–water partition coefficient (Wildman–Crippen LogP) is 4.31. The van der Waals surface area contributed by atoms with Crippen LogP contribution in [0.25, 0.3) is 5.57 Å². The average Bonchev–Trinajstić information content (AvgIpc) is 2.55. The standard InChI is InChI=1S/C18H18N2O3/c1-4-18(21)19-17-10-9-15(20(22)23)11-16(17)13(3)14-7-5-12(2)6-8-14/h5-11H,3-4H2,1-2H3,(H,19,21). The fraction of sp³-hybridized carbons (Fsp3) is 0.167. The zero-order chi connectivity index (χ0) is 17.0. The molecule has 0 saturated heterocycles. The molecule has 0 unspecified atom stereocenters. The van der Waals surface area contributed by atoms with E-state index in [2.05, 4.69) is 11.9 Å². The van der Waals surface area contributed by atoms with Crippen LogP contribution in [0.2, 0.25) is 0 Å². The summed E-state index contributed by atoms with van der Waals surface area (Å²) in [7, 11) is 0. The monoisotopic (exact) mass is 310 g/mol. The zero-order valence-electron chi connectivity index (χ0n) is 13.1. The van der Waals surface area contributed by atoms with E-state index < -0.39 is 4.92 Å². The number of benzene rings is 2. The average molecular weight is 310 g/mol. The van der Waals surface area contributed by atoms with Gasteiger partial charge in [-0.2, -0.15) is 0 Å². The molecule has 1 N–H and O–H groups in total. The first-order valence-electron chi connectivity index (χ1n) is 7.27. The Balaban J connectivity index is 2.49. The lowest BCUT2D eigenvalue weighted by Crippen LogP contribution is -2.11. The molecule has 0 aliphatic carbocycles. The highest BCUT2D eigenvalue weighted by atomic mass is 16.6. The fourth-order valence-corrected chi connectivity index (χ4v) is 2.15. The lowest BCUT2D eigenvalue weighted by Gasteiger charge is -2.13. The van der Waals surface area contributed by atoms with Gasteiger partial charge in [-0.25, -0.2) is 0 Å². The summed E-state index contributed by atoms with van der Waals surface area (Å²) in [6, 6.07) is 12.1. The number of amides is 1. The van der Waals surface area contributed by atoms with Gasteiger partial charge in [0.25, 0.3) is 5.69 Å². The van der Waals surface area contributed by atoms with Gasteiger partial charge in [0.05, 0.1) is 4.92 Å². The van der Waals surface area contributed by atoms with E-state index in [0.717, 1.165) is 11.1 Å². The third kappa shape index (κ3) is 3.83. The Morgan fingerprint density at radius 2 is 1.87 bits per heavy atom. The van der Waals surface area contributed by atoms with Gasteiger partial charge in [-0.3, -0.25) is 14.9 Å². The Kier molecular flexibility index (Phi) is 4.91. The molecule has 1 amide bonds. The van der Waals surface area contributed by atoms with Crippen LogP contribution in [-0.4, -0.2) is 10.8 Å². The molecule has 5 nitrogen and oxygen atoms in total. The second-order valence-electron chi connectivity index (χ2n) is 5.23. The summed E-state index contributed by atoms with van der Waals surface area (Å²) in [5.74, 6) is -0.156. The maximum atomic E-state index is 11.7. The predicted molar refractivity (Wildman–Crippen MR) is 91.3 cm³/mol. The van der Waals surface area contributed by atoms with Gasteiger partial charge < -0.3 is 5.32 Å². The van der Waals surface area contributed by atoms with Crippen molar-refractivity contribution in [3.63, 3.8) is 0 Å². The van der Waals surface area contributed by atoms with Gasteiger partial charge in [0.15, 0.2) is 0 Å². The van der Waals surface area contributed by atoms with Crippen LogP contribution in [0.3, 0.4) is 0 Å². The zero-order valence-corrected chi connectivity index (χ0v) is 13.1. The highest BCUT2D eigenvalue weighted by molar-refractivity contribution is 5.96. The number of non-ortho nitro benzene ring substituents is 1.